The minimum absolute atomic E-state index is 0.183. The van der Waals surface area contributed by atoms with Crippen molar-refractivity contribution >= 4 is 17.5 Å². The molecular weight excluding hydrogens is 350 g/mol. The number of aromatic nitrogens is 1. The Labute approximate surface area is 165 Å². The standard InChI is InChI=1S/C23H23N3O2/c1-16-8-7-11-21(17(16)2)25-22(27)19-12-20(14-24-13-19)23(28)26(3)15-18-9-5-4-6-10-18/h4-14H,15H2,1-3H3,(H,25,27). The first-order valence-electron chi connectivity index (χ1n) is 9.07. The van der Waals surface area contributed by atoms with Crippen LogP contribution in [0.15, 0.2) is 67.0 Å². The summed E-state index contributed by atoms with van der Waals surface area (Å²) < 4.78 is 0. The van der Waals surface area contributed by atoms with E-state index in [0.29, 0.717) is 17.7 Å². The molecule has 0 bridgehead atoms. The predicted molar refractivity (Wildman–Crippen MR) is 110 cm³/mol. The molecule has 0 atom stereocenters. The van der Waals surface area contributed by atoms with Crippen molar-refractivity contribution in [2.75, 3.05) is 12.4 Å². The number of rotatable bonds is 5. The van der Waals surface area contributed by atoms with Crippen molar-refractivity contribution < 1.29 is 9.59 Å². The fourth-order valence-corrected chi connectivity index (χ4v) is 2.91. The number of benzene rings is 2. The minimum atomic E-state index is -0.290. The molecule has 0 unspecified atom stereocenters. The Balaban J connectivity index is 1.75. The van der Waals surface area contributed by atoms with Crippen molar-refractivity contribution in [3.8, 4) is 0 Å². The molecule has 3 aromatic rings. The average molecular weight is 373 g/mol. The van der Waals surface area contributed by atoms with Crippen molar-refractivity contribution in [1.82, 2.24) is 9.88 Å². The molecule has 0 saturated carbocycles. The predicted octanol–water partition coefficient (Wildman–Crippen LogP) is 4.22. The molecule has 0 aliphatic rings. The van der Waals surface area contributed by atoms with Gasteiger partial charge in [-0.15, -0.1) is 0 Å². The maximum Gasteiger partial charge on any atom is 0.257 e. The molecule has 0 fully saturated rings. The van der Waals surface area contributed by atoms with Crippen molar-refractivity contribution in [2.45, 2.75) is 20.4 Å². The number of pyridine rings is 1. The van der Waals surface area contributed by atoms with Gasteiger partial charge in [0.1, 0.15) is 0 Å². The van der Waals surface area contributed by atoms with E-state index in [2.05, 4.69) is 10.3 Å². The van der Waals surface area contributed by atoms with Crippen molar-refractivity contribution in [1.29, 1.82) is 0 Å². The number of aryl methyl sites for hydroxylation is 1. The molecule has 28 heavy (non-hydrogen) atoms. The quantitative estimate of drug-likeness (QED) is 0.728. The van der Waals surface area contributed by atoms with Crippen LogP contribution in [0, 0.1) is 13.8 Å². The van der Waals surface area contributed by atoms with Gasteiger partial charge in [-0.1, -0.05) is 42.5 Å². The Hall–Kier alpha value is -3.47. The maximum atomic E-state index is 12.7. The third-order valence-corrected chi connectivity index (χ3v) is 4.71. The molecule has 0 aliphatic carbocycles. The lowest BCUT2D eigenvalue weighted by atomic mass is 10.1. The van der Waals surface area contributed by atoms with Gasteiger partial charge in [-0.2, -0.15) is 0 Å². The summed E-state index contributed by atoms with van der Waals surface area (Å²) in [4.78, 5) is 31.1. The van der Waals surface area contributed by atoms with Crippen LogP contribution < -0.4 is 5.32 Å². The van der Waals surface area contributed by atoms with E-state index in [1.54, 1.807) is 18.0 Å². The molecule has 1 heterocycles. The zero-order chi connectivity index (χ0) is 20.1. The molecule has 2 amide bonds. The molecular formula is C23H23N3O2. The fraction of sp³-hybridized carbons (Fsp3) is 0.174. The van der Waals surface area contributed by atoms with Crippen LogP contribution in [0.25, 0.3) is 0 Å². The highest BCUT2D eigenvalue weighted by molar-refractivity contribution is 6.06. The average Bonchev–Trinajstić information content (AvgIpc) is 2.71. The van der Waals surface area contributed by atoms with Crippen LogP contribution in [0.1, 0.15) is 37.4 Å². The van der Waals surface area contributed by atoms with E-state index in [0.717, 1.165) is 22.4 Å². The maximum absolute atomic E-state index is 12.7. The summed E-state index contributed by atoms with van der Waals surface area (Å²) in [5, 5.41) is 2.90. The molecule has 0 radical (unpaired) electrons. The molecule has 1 N–H and O–H groups in total. The number of anilines is 1. The number of amides is 2. The van der Waals surface area contributed by atoms with Gasteiger partial charge in [0.2, 0.25) is 0 Å². The third-order valence-electron chi connectivity index (χ3n) is 4.71. The Morgan fingerprint density at radius 3 is 2.43 bits per heavy atom. The highest BCUT2D eigenvalue weighted by atomic mass is 16.2. The fourth-order valence-electron chi connectivity index (χ4n) is 2.91. The number of carbonyl (C=O) groups is 2. The molecule has 0 saturated heterocycles. The number of carbonyl (C=O) groups excluding carboxylic acids is 2. The van der Waals surface area contributed by atoms with Gasteiger partial charge in [0.25, 0.3) is 11.8 Å². The second-order valence-electron chi connectivity index (χ2n) is 6.81. The molecule has 0 spiro atoms. The number of nitrogens with one attached hydrogen (secondary N) is 1. The highest BCUT2D eigenvalue weighted by Gasteiger charge is 2.16. The SMILES string of the molecule is Cc1cccc(NC(=O)c2cncc(C(=O)N(C)Cc3ccccc3)c2)c1C. The molecule has 0 aliphatic heterocycles. The first-order valence-corrected chi connectivity index (χ1v) is 9.07. The largest absolute Gasteiger partial charge is 0.337 e. The van der Waals surface area contributed by atoms with Gasteiger partial charge in [0.05, 0.1) is 11.1 Å². The van der Waals surface area contributed by atoms with E-state index in [4.69, 9.17) is 0 Å². The second kappa shape index (κ2) is 8.48. The molecule has 3 rings (SSSR count). The van der Waals surface area contributed by atoms with Crippen LogP contribution in [-0.2, 0) is 6.54 Å². The van der Waals surface area contributed by atoms with Gasteiger partial charge in [0, 0.05) is 31.7 Å². The molecule has 1 aromatic heterocycles. The van der Waals surface area contributed by atoms with Crippen LogP contribution in [0.2, 0.25) is 0 Å². The Morgan fingerprint density at radius 1 is 0.964 bits per heavy atom. The topological polar surface area (TPSA) is 62.3 Å². The van der Waals surface area contributed by atoms with Crippen molar-refractivity contribution in [3.63, 3.8) is 0 Å². The van der Waals surface area contributed by atoms with E-state index < -0.39 is 0 Å². The minimum Gasteiger partial charge on any atom is -0.337 e. The van der Waals surface area contributed by atoms with Gasteiger partial charge >= 0.3 is 0 Å². The molecule has 2 aromatic carbocycles. The van der Waals surface area contributed by atoms with E-state index in [1.807, 2.05) is 62.4 Å². The van der Waals surface area contributed by atoms with Gasteiger partial charge in [0.15, 0.2) is 0 Å². The first-order chi connectivity index (χ1) is 13.5. The van der Waals surface area contributed by atoms with Gasteiger partial charge in [-0.05, 0) is 42.7 Å². The van der Waals surface area contributed by atoms with Gasteiger partial charge in [-0.3, -0.25) is 14.6 Å². The van der Waals surface area contributed by atoms with Gasteiger partial charge in [-0.25, -0.2) is 0 Å². The second-order valence-corrected chi connectivity index (χ2v) is 6.81. The van der Waals surface area contributed by atoms with E-state index in [9.17, 15) is 9.59 Å². The summed E-state index contributed by atoms with van der Waals surface area (Å²) in [6.45, 7) is 4.44. The normalized spacial score (nSPS) is 10.4. The summed E-state index contributed by atoms with van der Waals surface area (Å²) in [6, 6.07) is 17.1. The molecule has 5 heteroatoms. The van der Waals surface area contributed by atoms with E-state index >= 15 is 0 Å². The molecule has 142 valence electrons. The van der Waals surface area contributed by atoms with Crippen molar-refractivity contribution in [3.05, 3.63) is 94.8 Å². The zero-order valence-electron chi connectivity index (χ0n) is 16.3. The van der Waals surface area contributed by atoms with Crippen LogP contribution >= 0.6 is 0 Å². The Kier molecular flexibility index (Phi) is 5.84. The summed E-state index contributed by atoms with van der Waals surface area (Å²) >= 11 is 0. The number of hydrogen-bond acceptors (Lipinski definition) is 3. The summed E-state index contributed by atoms with van der Waals surface area (Å²) in [5.74, 6) is -0.473. The lowest BCUT2D eigenvalue weighted by Crippen LogP contribution is -2.26. The molecule has 5 nitrogen and oxygen atoms in total. The smallest absolute Gasteiger partial charge is 0.257 e. The third kappa shape index (κ3) is 4.43. The monoisotopic (exact) mass is 373 g/mol. The lowest BCUT2D eigenvalue weighted by molar-refractivity contribution is 0.0784. The van der Waals surface area contributed by atoms with Crippen LogP contribution in [0.5, 0.6) is 0 Å². The van der Waals surface area contributed by atoms with E-state index in [-0.39, 0.29) is 11.8 Å². The number of hydrogen-bond donors (Lipinski definition) is 1. The first kappa shape index (κ1) is 19.3. The Bertz CT molecular complexity index is 1000. The Morgan fingerprint density at radius 2 is 1.68 bits per heavy atom. The van der Waals surface area contributed by atoms with Crippen LogP contribution in [0.4, 0.5) is 5.69 Å². The van der Waals surface area contributed by atoms with Gasteiger partial charge < -0.3 is 10.2 Å². The van der Waals surface area contributed by atoms with E-state index in [1.165, 1.54) is 12.4 Å². The lowest BCUT2D eigenvalue weighted by Gasteiger charge is -2.17. The summed E-state index contributed by atoms with van der Waals surface area (Å²) in [5.41, 5.74) is 4.63. The summed E-state index contributed by atoms with van der Waals surface area (Å²) in [7, 11) is 1.73. The zero-order valence-corrected chi connectivity index (χ0v) is 16.3. The highest BCUT2D eigenvalue weighted by Crippen LogP contribution is 2.19. The van der Waals surface area contributed by atoms with Crippen LogP contribution in [-0.4, -0.2) is 28.7 Å². The summed E-state index contributed by atoms with van der Waals surface area (Å²) in [6.07, 6.45) is 2.95. The van der Waals surface area contributed by atoms with Crippen molar-refractivity contribution in [2.24, 2.45) is 0 Å². The number of nitrogens with zero attached hydrogens (tertiary/aromatic N) is 2. The van der Waals surface area contributed by atoms with Crippen LogP contribution in [0.3, 0.4) is 0 Å².